The average molecular weight is 398 g/mol. The van der Waals surface area contributed by atoms with Crippen LogP contribution in [0.3, 0.4) is 0 Å². The van der Waals surface area contributed by atoms with Crippen LogP contribution in [0.2, 0.25) is 0 Å². The summed E-state index contributed by atoms with van der Waals surface area (Å²) in [7, 11) is 6.40. The van der Waals surface area contributed by atoms with Gasteiger partial charge in [-0.05, 0) is 35.5 Å². The molecule has 0 fully saturated rings. The molecule has 0 saturated carbocycles. The smallest absolute Gasteiger partial charge is 0.303 e. The second kappa shape index (κ2) is 13.0. The number of thioether (sulfide) groups is 2. The maximum Gasteiger partial charge on any atom is 0.303 e. The van der Waals surface area contributed by atoms with Gasteiger partial charge in [-0.15, -0.1) is 0 Å². The molecule has 5 heteroatoms. The van der Waals surface area contributed by atoms with E-state index in [2.05, 4.69) is 48.5 Å². The zero-order chi connectivity index (χ0) is 19.3. The van der Waals surface area contributed by atoms with Gasteiger partial charge in [0.1, 0.15) is 0 Å². The highest BCUT2D eigenvalue weighted by molar-refractivity contribution is 8.00. The van der Waals surface area contributed by atoms with E-state index in [4.69, 9.17) is 13.0 Å². The lowest BCUT2D eigenvalue weighted by atomic mass is 9.97. The molecule has 2 unspecified atom stereocenters. The van der Waals surface area contributed by atoms with Crippen molar-refractivity contribution in [2.24, 2.45) is 0 Å². The van der Waals surface area contributed by atoms with Crippen LogP contribution in [-0.4, -0.2) is 29.3 Å². The van der Waals surface area contributed by atoms with Crippen molar-refractivity contribution in [1.82, 2.24) is 0 Å². The van der Waals surface area contributed by atoms with Crippen LogP contribution in [0.15, 0.2) is 60.7 Å². The lowest BCUT2D eigenvalue weighted by Gasteiger charge is -2.21. The number of hydrogen-bond acceptors (Lipinski definition) is 3. The minimum Gasteiger partial charge on any atom is -0.481 e. The second-order valence-electron chi connectivity index (χ2n) is 6.63. The molecule has 0 heterocycles. The van der Waals surface area contributed by atoms with Gasteiger partial charge < -0.3 is 5.11 Å². The third kappa shape index (κ3) is 9.97. The van der Waals surface area contributed by atoms with Gasteiger partial charge in [0.05, 0.1) is 7.85 Å². The summed E-state index contributed by atoms with van der Waals surface area (Å²) >= 11 is 3.74. The van der Waals surface area contributed by atoms with Crippen molar-refractivity contribution in [3.8, 4) is 0 Å². The fourth-order valence-corrected chi connectivity index (χ4v) is 5.20. The Bertz CT molecular complexity index is 652. The molecule has 0 aliphatic carbocycles. The Hall–Kier alpha value is -1.33. The normalized spacial score (nSPS) is 13.2. The fourth-order valence-electron chi connectivity index (χ4n) is 2.81. The van der Waals surface area contributed by atoms with Crippen LogP contribution in [0.1, 0.15) is 43.2 Å². The lowest BCUT2D eigenvalue weighted by molar-refractivity contribution is -0.137. The van der Waals surface area contributed by atoms with Crippen LogP contribution in [0.4, 0.5) is 0 Å². The van der Waals surface area contributed by atoms with Crippen molar-refractivity contribution in [2.75, 3.05) is 0 Å². The second-order valence-corrected chi connectivity index (χ2v) is 9.15. The highest BCUT2D eigenvalue weighted by atomic mass is 32.2. The van der Waals surface area contributed by atoms with Crippen molar-refractivity contribution >= 4 is 37.3 Å². The molecule has 2 aromatic rings. The van der Waals surface area contributed by atoms with Gasteiger partial charge in [-0.1, -0.05) is 67.1 Å². The van der Waals surface area contributed by atoms with E-state index >= 15 is 0 Å². The summed E-state index contributed by atoms with van der Waals surface area (Å²) in [4.78, 5) is 10.7. The lowest BCUT2D eigenvalue weighted by Crippen LogP contribution is -2.14. The molecular weight excluding hydrogens is 371 g/mol. The predicted octanol–water partition coefficient (Wildman–Crippen LogP) is 5.75. The SMILES string of the molecule is [B]C(CC(CCCCC(=O)O)SCc1ccccc1)SCc1ccccc1. The zero-order valence-corrected chi connectivity index (χ0v) is 17.3. The number of carboxylic acids is 1. The zero-order valence-electron chi connectivity index (χ0n) is 15.6. The molecule has 0 aliphatic heterocycles. The van der Waals surface area contributed by atoms with E-state index in [-0.39, 0.29) is 11.6 Å². The van der Waals surface area contributed by atoms with Crippen LogP contribution < -0.4 is 0 Å². The minimum absolute atomic E-state index is 0.0953. The first-order valence-corrected chi connectivity index (χ1v) is 11.5. The van der Waals surface area contributed by atoms with Gasteiger partial charge in [-0.25, -0.2) is 0 Å². The first-order valence-electron chi connectivity index (χ1n) is 9.42. The molecule has 142 valence electrons. The number of aliphatic carboxylic acids is 1. The summed E-state index contributed by atoms with van der Waals surface area (Å²) in [5.41, 5.74) is 2.62. The predicted molar refractivity (Wildman–Crippen MR) is 120 cm³/mol. The molecule has 0 amide bonds. The molecule has 0 aliphatic rings. The van der Waals surface area contributed by atoms with Crippen LogP contribution in [-0.2, 0) is 16.3 Å². The molecule has 0 spiro atoms. The average Bonchev–Trinajstić information content (AvgIpc) is 2.69. The molecule has 0 aromatic heterocycles. The topological polar surface area (TPSA) is 37.3 Å². The van der Waals surface area contributed by atoms with Crippen LogP contribution in [0, 0.1) is 0 Å². The Balaban J connectivity index is 1.80. The van der Waals surface area contributed by atoms with E-state index in [1.54, 1.807) is 11.8 Å². The molecule has 27 heavy (non-hydrogen) atoms. The Labute approximate surface area is 172 Å². The van der Waals surface area contributed by atoms with Crippen LogP contribution in [0.5, 0.6) is 0 Å². The number of carbonyl (C=O) groups is 1. The van der Waals surface area contributed by atoms with Gasteiger partial charge >= 0.3 is 5.97 Å². The molecular formula is C22H27BO2S2. The number of rotatable bonds is 13. The summed E-state index contributed by atoms with van der Waals surface area (Å²) < 4.78 is 0. The van der Waals surface area contributed by atoms with E-state index in [1.807, 2.05) is 23.9 Å². The number of hydrogen-bond donors (Lipinski definition) is 1. The molecule has 2 nitrogen and oxygen atoms in total. The van der Waals surface area contributed by atoms with Gasteiger partial charge in [0.2, 0.25) is 0 Å². The summed E-state index contributed by atoms with van der Waals surface area (Å²) in [6.45, 7) is 0. The molecule has 2 rings (SSSR count). The van der Waals surface area contributed by atoms with Crippen molar-refractivity contribution < 1.29 is 9.90 Å². The summed E-state index contributed by atoms with van der Waals surface area (Å²) in [5, 5.41) is 9.38. The molecule has 2 aromatic carbocycles. The highest BCUT2D eigenvalue weighted by Gasteiger charge is 2.15. The molecule has 0 bridgehead atoms. The van der Waals surface area contributed by atoms with E-state index < -0.39 is 5.97 Å². The van der Waals surface area contributed by atoms with Crippen molar-refractivity contribution in [1.29, 1.82) is 0 Å². The minimum atomic E-state index is -0.710. The fraction of sp³-hybridized carbons (Fsp3) is 0.409. The summed E-state index contributed by atoms with van der Waals surface area (Å²) in [6.07, 6.45) is 3.90. The maximum absolute atomic E-state index is 10.7. The van der Waals surface area contributed by atoms with E-state index in [9.17, 15) is 4.79 Å². The Morgan fingerprint density at radius 3 is 2.00 bits per heavy atom. The van der Waals surface area contributed by atoms with Gasteiger partial charge in [0.15, 0.2) is 0 Å². The third-order valence-corrected chi connectivity index (χ3v) is 6.82. The van der Waals surface area contributed by atoms with E-state index in [0.717, 1.165) is 37.2 Å². The Morgan fingerprint density at radius 1 is 0.889 bits per heavy atom. The summed E-state index contributed by atoms with van der Waals surface area (Å²) in [6, 6.07) is 20.9. The molecule has 2 radical (unpaired) electrons. The monoisotopic (exact) mass is 398 g/mol. The molecule has 0 saturated heterocycles. The number of carboxylic acid groups (broad SMARTS) is 1. The van der Waals surface area contributed by atoms with Gasteiger partial charge in [0, 0.05) is 23.2 Å². The standard InChI is InChI=1S/C22H27BO2S2/c23-21(27-17-19-11-5-2-6-12-19)15-20(13-7-8-14-22(24)25)26-16-18-9-3-1-4-10-18/h1-6,9-12,20-21H,7-8,13-17H2,(H,24,25). The van der Waals surface area contributed by atoms with Gasteiger partial charge in [-0.3, -0.25) is 4.79 Å². The van der Waals surface area contributed by atoms with Crippen molar-refractivity contribution in [3.63, 3.8) is 0 Å². The quantitative estimate of drug-likeness (QED) is 0.344. The Kier molecular flexibility index (Phi) is 10.5. The van der Waals surface area contributed by atoms with Crippen LogP contribution >= 0.6 is 23.5 Å². The van der Waals surface area contributed by atoms with Crippen LogP contribution in [0.25, 0.3) is 0 Å². The van der Waals surface area contributed by atoms with Gasteiger partial charge in [-0.2, -0.15) is 23.5 Å². The maximum atomic E-state index is 10.7. The number of unbranched alkanes of at least 4 members (excludes halogenated alkanes) is 1. The molecule has 2 atom stereocenters. The first-order chi connectivity index (χ1) is 13.1. The van der Waals surface area contributed by atoms with E-state index in [0.29, 0.717) is 5.25 Å². The largest absolute Gasteiger partial charge is 0.481 e. The van der Waals surface area contributed by atoms with Crippen molar-refractivity contribution in [3.05, 3.63) is 71.8 Å². The van der Waals surface area contributed by atoms with E-state index in [1.165, 1.54) is 11.1 Å². The molecule has 1 N–H and O–H groups in total. The van der Waals surface area contributed by atoms with Gasteiger partial charge in [0.25, 0.3) is 0 Å². The highest BCUT2D eigenvalue weighted by Crippen LogP contribution is 2.29. The Morgan fingerprint density at radius 2 is 1.44 bits per heavy atom. The van der Waals surface area contributed by atoms with Crippen molar-refractivity contribution in [2.45, 2.75) is 54.0 Å². The summed E-state index contributed by atoms with van der Waals surface area (Å²) in [5.74, 6) is 1.19. The third-order valence-electron chi connectivity index (χ3n) is 4.30. The number of benzene rings is 2. The first kappa shape index (κ1) is 22.0.